The molecule has 0 saturated carbocycles. The van der Waals surface area contributed by atoms with E-state index in [0.29, 0.717) is 26.1 Å². The number of halogens is 1. The minimum absolute atomic E-state index is 0.000772. The molecule has 2 aliphatic heterocycles. The van der Waals surface area contributed by atoms with Crippen LogP contribution in [0.15, 0.2) is 59.5 Å². The van der Waals surface area contributed by atoms with E-state index in [0.717, 1.165) is 17.8 Å². The summed E-state index contributed by atoms with van der Waals surface area (Å²) in [5.74, 6) is -0.472. The Morgan fingerprint density at radius 2 is 1.68 bits per heavy atom. The van der Waals surface area contributed by atoms with Crippen molar-refractivity contribution in [3.63, 3.8) is 0 Å². The van der Waals surface area contributed by atoms with Gasteiger partial charge in [0.05, 0.1) is 17.0 Å². The van der Waals surface area contributed by atoms with Crippen LogP contribution in [0.2, 0.25) is 0 Å². The molecule has 2 aliphatic rings. The summed E-state index contributed by atoms with van der Waals surface area (Å²) in [7, 11) is -1.84. The number of anilines is 1. The fraction of sp³-hybridized carbons (Fsp3) is 0.350. The van der Waals surface area contributed by atoms with Gasteiger partial charge in [-0.2, -0.15) is 4.31 Å². The molecule has 1 atom stereocenters. The Morgan fingerprint density at radius 1 is 1.00 bits per heavy atom. The Bertz CT molecular complexity index is 982. The lowest BCUT2D eigenvalue weighted by molar-refractivity contribution is -0.123. The van der Waals surface area contributed by atoms with Crippen molar-refractivity contribution in [1.29, 1.82) is 0 Å². The second kappa shape index (κ2) is 6.95. The average molecular weight is 403 g/mol. The lowest BCUT2D eigenvalue weighted by Gasteiger charge is -2.46. The van der Waals surface area contributed by atoms with E-state index < -0.39 is 21.4 Å². The fourth-order valence-corrected chi connectivity index (χ4v) is 5.54. The predicted octanol–water partition coefficient (Wildman–Crippen LogP) is 1.94. The van der Waals surface area contributed by atoms with E-state index in [1.165, 1.54) is 16.4 Å². The average Bonchev–Trinajstić information content (AvgIpc) is 3.12. The van der Waals surface area contributed by atoms with Crippen molar-refractivity contribution < 1.29 is 17.6 Å². The highest BCUT2D eigenvalue weighted by Crippen LogP contribution is 2.35. The van der Waals surface area contributed by atoms with Crippen LogP contribution in [0.4, 0.5) is 10.1 Å². The summed E-state index contributed by atoms with van der Waals surface area (Å²) >= 11 is 0. The third-order valence-electron chi connectivity index (χ3n) is 5.75. The Hall–Kier alpha value is -2.29. The highest BCUT2D eigenvalue weighted by atomic mass is 32.2. The Kier molecular flexibility index (Phi) is 4.73. The zero-order valence-corrected chi connectivity index (χ0v) is 16.4. The molecule has 0 aromatic heterocycles. The second-order valence-electron chi connectivity index (χ2n) is 7.44. The molecule has 2 aromatic carbocycles. The monoisotopic (exact) mass is 403 g/mol. The number of piperazine rings is 1. The molecule has 8 heteroatoms. The molecule has 2 aromatic rings. The lowest BCUT2D eigenvalue weighted by atomic mass is 9.92. The number of likely N-dealkylation sites (N-methyl/N-ethyl adjacent to an activating group) is 1. The van der Waals surface area contributed by atoms with Crippen LogP contribution in [0, 0.1) is 5.82 Å². The molecule has 28 heavy (non-hydrogen) atoms. The SMILES string of the molecule is CN1CC(=O)N(c2ccccc2)C[C@]12CCN(S(=O)(=O)c1ccc(F)cc1)C2. The third-order valence-corrected chi connectivity index (χ3v) is 7.61. The van der Waals surface area contributed by atoms with Gasteiger partial charge in [0.15, 0.2) is 0 Å². The maximum absolute atomic E-state index is 13.2. The summed E-state index contributed by atoms with van der Waals surface area (Å²) < 4.78 is 40.6. The smallest absolute Gasteiger partial charge is 0.243 e. The number of amides is 1. The van der Waals surface area contributed by atoms with Crippen molar-refractivity contribution in [2.24, 2.45) is 0 Å². The molecule has 0 N–H and O–H groups in total. The van der Waals surface area contributed by atoms with E-state index >= 15 is 0 Å². The molecule has 0 bridgehead atoms. The van der Waals surface area contributed by atoms with E-state index in [1.807, 2.05) is 42.3 Å². The zero-order chi connectivity index (χ0) is 19.9. The van der Waals surface area contributed by atoms with Crippen molar-refractivity contribution in [2.75, 3.05) is 38.1 Å². The normalized spacial score (nSPS) is 24.2. The predicted molar refractivity (Wildman–Crippen MR) is 104 cm³/mol. The van der Waals surface area contributed by atoms with Crippen molar-refractivity contribution in [3.05, 3.63) is 60.4 Å². The van der Waals surface area contributed by atoms with Crippen molar-refractivity contribution >= 4 is 21.6 Å². The van der Waals surface area contributed by atoms with Crippen LogP contribution in [0.1, 0.15) is 6.42 Å². The summed E-state index contributed by atoms with van der Waals surface area (Å²) in [6, 6.07) is 14.3. The summed E-state index contributed by atoms with van der Waals surface area (Å²) in [4.78, 5) is 16.4. The van der Waals surface area contributed by atoms with E-state index in [9.17, 15) is 17.6 Å². The summed E-state index contributed by atoms with van der Waals surface area (Å²) in [6.07, 6.45) is 0.626. The van der Waals surface area contributed by atoms with E-state index in [4.69, 9.17) is 0 Å². The largest absolute Gasteiger partial charge is 0.309 e. The molecule has 2 heterocycles. The molecule has 6 nitrogen and oxygen atoms in total. The zero-order valence-electron chi connectivity index (χ0n) is 15.6. The molecular weight excluding hydrogens is 381 g/mol. The van der Waals surface area contributed by atoms with Gasteiger partial charge in [-0.3, -0.25) is 9.69 Å². The maximum atomic E-state index is 13.2. The van der Waals surface area contributed by atoms with Crippen LogP contribution < -0.4 is 4.90 Å². The van der Waals surface area contributed by atoms with E-state index in [1.54, 1.807) is 4.90 Å². The van der Waals surface area contributed by atoms with Gasteiger partial charge in [-0.25, -0.2) is 12.8 Å². The van der Waals surface area contributed by atoms with Crippen LogP contribution in [-0.2, 0) is 14.8 Å². The van der Waals surface area contributed by atoms with Gasteiger partial charge in [0.2, 0.25) is 15.9 Å². The van der Waals surface area contributed by atoms with Crippen LogP contribution in [0.5, 0.6) is 0 Å². The number of hydrogen-bond donors (Lipinski definition) is 0. The first-order valence-electron chi connectivity index (χ1n) is 9.14. The van der Waals surface area contributed by atoms with Gasteiger partial charge >= 0.3 is 0 Å². The highest BCUT2D eigenvalue weighted by molar-refractivity contribution is 7.89. The number of para-hydroxylation sites is 1. The molecule has 4 rings (SSSR count). The topological polar surface area (TPSA) is 60.9 Å². The summed E-state index contributed by atoms with van der Waals surface area (Å²) in [6.45, 7) is 1.32. The number of nitrogens with zero attached hydrogens (tertiary/aromatic N) is 3. The van der Waals surface area contributed by atoms with Gasteiger partial charge in [0, 0.05) is 25.3 Å². The molecule has 0 radical (unpaired) electrons. The Morgan fingerprint density at radius 3 is 2.36 bits per heavy atom. The first-order valence-corrected chi connectivity index (χ1v) is 10.6. The Balaban J connectivity index is 1.60. The number of hydrogen-bond acceptors (Lipinski definition) is 4. The standard InChI is InChI=1S/C20H22FN3O3S/c1-22-13-19(25)24(17-5-3-2-4-6-17)15-20(22)11-12-23(14-20)28(26,27)18-9-7-16(21)8-10-18/h2-10H,11-15H2,1H3/t20-/m1/s1. The van der Waals surface area contributed by atoms with Gasteiger partial charge in [-0.1, -0.05) is 18.2 Å². The molecule has 1 spiro atoms. The number of rotatable bonds is 3. The minimum Gasteiger partial charge on any atom is -0.309 e. The molecule has 2 fully saturated rings. The van der Waals surface area contributed by atoms with Crippen molar-refractivity contribution in [3.8, 4) is 0 Å². The van der Waals surface area contributed by atoms with Crippen LogP contribution in [-0.4, -0.2) is 62.3 Å². The first kappa shape index (κ1) is 19.0. The van der Waals surface area contributed by atoms with Gasteiger partial charge in [0.1, 0.15) is 5.82 Å². The van der Waals surface area contributed by atoms with Crippen LogP contribution in [0.25, 0.3) is 0 Å². The van der Waals surface area contributed by atoms with Crippen LogP contribution >= 0.6 is 0 Å². The van der Waals surface area contributed by atoms with Gasteiger partial charge in [-0.05, 0) is 49.9 Å². The van der Waals surface area contributed by atoms with E-state index in [2.05, 4.69) is 0 Å². The number of carbonyl (C=O) groups excluding carboxylic acids is 1. The van der Waals surface area contributed by atoms with Gasteiger partial charge in [-0.15, -0.1) is 0 Å². The number of sulfonamides is 1. The molecule has 0 aliphatic carbocycles. The number of benzene rings is 2. The highest BCUT2D eigenvalue weighted by Gasteiger charge is 2.50. The molecule has 0 unspecified atom stereocenters. The first-order chi connectivity index (χ1) is 13.3. The quantitative estimate of drug-likeness (QED) is 0.786. The summed E-state index contributed by atoms with van der Waals surface area (Å²) in [5, 5.41) is 0. The van der Waals surface area contributed by atoms with Crippen molar-refractivity contribution in [2.45, 2.75) is 16.9 Å². The minimum atomic E-state index is -3.71. The number of carbonyl (C=O) groups is 1. The molecule has 1 amide bonds. The molecule has 2 saturated heterocycles. The molecular formula is C20H22FN3O3S. The Labute approximate surface area is 164 Å². The van der Waals surface area contributed by atoms with Gasteiger partial charge < -0.3 is 4.90 Å². The second-order valence-corrected chi connectivity index (χ2v) is 9.38. The maximum Gasteiger partial charge on any atom is 0.243 e. The van der Waals surface area contributed by atoms with Crippen LogP contribution in [0.3, 0.4) is 0 Å². The summed E-state index contributed by atoms with van der Waals surface area (Å²) in [5.41, 5.74) is 0.372. The third kappa shape index (κ3) is 3.21. The fourth-order valence-electron chi connectivity index (χ4n) is 4.02. The van der Waals surface area contributed by atoms with Gasteiger partial charge in [0.25, 0.3) is 0 Å². The van der Waals surface area contributed by atoms with E-state index in [-0.39, 0.29) is 17.3 Å². The van der Waals surface area contributed by atoms with Crippen molar-refractivity contribution in [1.82, 2.24) is 9.21 Å². The lowest BCUT2D eigenvalue weighted by Crippen LogP contribution is -2.64. The molecule has 148 valence electrons.